The molecule has 0 unspecified atom stereocenters. The van der Waals surface area contributed by atoms with Crippen molar-refractivity contribution in [3.63, 3.8) is 0 Å². The molecule has 0 radical (unpaired) electrons. The van der Waals surface area contributed by atoms with E-state index >= 15 is 0 Å². The number of hydrogen-bond donors (Lipinski definition) is 2. The number of piperidine rings is 1. The lowest BCUT2D eigenvalue weighted by atomic mass is 9.83. The molecule has 31 heavy (non-hydrogen) atoms. The molecule has 1 saturated carbocycles. The zero-order valence-corrected chi connectivity index (χ0v) is 17.9. The summed E-state index contributed by atoms with van der Waals surface area (Å²) >= 11 is 0. The lowest BCUT2D eigenvalue weighted by molar-refractivity contribution is -0.384. The minimum absolute atomic E-state index is 0.0181. The predicted octanol–water partition coefficient (Wildman–Crippen LogP) is 1.30. The topological polar surface area (TPSA) is 119 Å². The van der Waals surface area contributed by atoms with Crippen molar-refractivity contribution in [2.45, 2.75) is 44.2 Å². The number of aryl methyl sites for hydroxylation is 1. The van der Waals surface area contributed by atoms with Crippen LogP contribution in [0.25, 0.3) is 0 Å². The number of benzene rings is 1. The van der Waals surface area contributed by atoms with Crippen molar-refractivity contribution in [1.29, 1.82) is 0 Å². The van der Waals surface area contributed by atoms with Crippen LogP contribution >= 0.6 is 0 Å². The number of carbonyl (C=O) groups is 2. The summed E-state index contributed by atoms with van der Waals surface area (Å²) in [6, 6.07) is 4.26. The number of nitro benzene ring substituents is 1. The number of hydroxylamine groups is 1. The van der Waals surface area contributed by atoms with Gasteiger partial charge in [-0.15, -0.1) is 0 Å². The standard InChI is InChI=1S/C21H29N5O5/c1-14-13-15(26(30)31)3-4-17(14)24-9-11-25(12-10-24)20(28)18-16(19(27)22-29)5-6-21(7-8-21)23(18)2/h3-4,13,16,18,29H,5-12H2,1-2H3,(H,22,27)/t16-,18-/m0/s1. The Labute approximate surface area is 180 Å². The number of amides is 2. The van der Waals surface area contributed by atoms with E-state index in [0.29, 0.717) is 32.6 Å². The Kier molecular flexibility index (Phi) is 5.61. The summed E-state index contributed by atoms with van der Waals surface area (Å²) in [4.78, 5) is 42.3. The summed E-state index contributed by atoms with van der Waals surface area (Å²) in [6.45, 7) is 4.11. The highest BCUT2D eigenvalue weighted by Crippen LogP contribution is 2.51. The Bertz CT molecular complexity index is 894. The van der Waals surface area contributed by atoms with Crippen molar-refractivity contribution < 1.29 is 19.7 Å². The minimum Gasteiger partial charge on any atom is -0.368 e. The van der Waals surface area contributed by atoms with Crippen LogP contribution in [0.5, 0.6) is 0 Å². The van der Waals surface area contributed by atoms with Crippen molar-refractivity contribution in [3.05, 3.63) is 33.9 Å². The highest BCUT2D eigenvalue weighted by Gasteiger charge is 2.56. The van der Waals surface area contributed by atoms with Gasteiger partial charge in [0, 0.05) is 49.5 Å². The lowest BCUT2D eigenvalue weighted by Gasteiger charge is -2.46. The molecule has 2 N–H and O–H groups in total. The van der Waals surface area contributed by atoms with Crippen molar-refractivity contribution in [1.82, 2.24) is 15.3 Å². The fraction of sp³-hybridized carbons (Fsp3) is 0.619. The van der Waals surface area contributed by atoms with Gasteiger partial charge < -0.3 is 9.80 Å². The molecule has 2 amide bonds. The quantitative estimate of drug-likeness (QED) is 0.419. The van der Waals surface area contributed by atoms with E-state index in [9.17, 15) is 24.9 Å². The lowest BCUT2D eigenvalue weighted by Crippen LogP contribution is -2.62. The van der Waals surface area contributed by atoms with Crippen LogP contribution in [0.15, 0.2) is 18.2 Å². The van der Waals surface area contributed by atoms with E-state index in [1.54, 1.807) is 22.5 Å². The van der Waals surface area contributed by atoms with Crippen molar-refractivity contribution in [3.8, 4) is 0 Å². The molecule has 1 aromatic rings. The second kappa shape index (κ2) is 8.08. The van der Waals surface area contributed by atoms with Gasteiger partial charge in [-0.05, 0) is 51.3 Å². The summed E-state index contributed by atoms with van der Waals surface area (Å²) in [6.07, 6.45) is 3.52. The average Bonchev–Trinajstić information content (AvgIpc) is 3.55. The maximum atomic E-state index is 13.5. The third-order valence-corrected chi connectivity index (χ3v) is 7.32. The van der Waals surface area contributed by atoms with Crippen molar-refractivity contribution in [2.24, 2.45) is 5.92 Å². The summed E-state index contributed by atoms with van der Waals surface area (Å²) in [5.41, 5.74) is 3.59. The van der Waals surface area contributed by atoms with Gasteiger partial charge in [-0.3, -0.25) is 29.8 Å². The van der Waals surface area contributed by atoms with Crippen LogP contribution in [0.4, 0.5) is 11.4 Å². The van der Waals surface area contributed by atoms with Crippen molar-refractivity contribution >= 4 is 23.2 Å². The zero-order chi connectivity index (χ0) is 22.3. The highest BCUT2D eigenvalue weighted by molar-refractivity contribution is 5.90. The molecule has 10 heteroatoms. The Morgan fingerprint density at radius 3 is 2.42 bits per heavy atom. The SMILES string of the molecule is Cc1cc([N+](=O)[O-])ccc1N1CCN(C(=O)[C@@H]2[C@@H](C(=O)NO)CCC3(CC3)N2C)CC1. The molecule has 0 aromatic heterocycles. The number of anilines is 1. The van der Waals surface area contributed by atoms with Crippen LogP contribution in [-0.2, 0) is 9.59 Å². The molecule has 3 aliphatic rings. The minimum atomic E-state index is -0.573. The van der Waals surface area contributed by atoms with E-state index in [4.69, 9.17) is 0 Å². The van der Waals surface area contributed by atoms with E-state index < -0.39 is 22.8 Å². The van der Waals surface area contributed by atoms with Gasteiger partial charge in [-0.25, -0.2) is 5.48 Å². The second-order valence-corrected chi connectivity index (χ2v) is 8.94. The Morgan fingerprint density at radius 1 is 1.19 bits per heavy atom. The van der Waals surface area contributed by atoms with E-state index in [-0.39, 0.29) is 17.1 Å². The van der Waals surface area contributed by atoms with Crippen LogP contribution in [0.3, 0.4) is 0 Å². The first-order valence-electron chi connectivity index (χ1n) is 10.7. The molecular formula is C21H29N5O5. The van der Waals surface area contributed by atoms with Crippen LogP contribution in [-0.4, -0.2) is 76.6 Å². The number of likely N-dealkylation sites (N-methyl/N-ethyl adjacent to an activating group) is 1. The molecule has 2 heterocycles. The highest BCUT2D eigenvalue weighted by atomic mass is 16.6. The molecule has 2 aliphatic heterocycles. The molecule has 2 saturated heterocycles. The number of piperazine rings is 1. The molecule has 3 fully saturated rings. The summed E-state index contributed by atoms with van der Waals surface area (Å²) < 4.78 is 0. The third kappa shape index (κ3) is 3.85. The molecule has 1 spiro atoms. The largest absolute Gasteiger partial charge is 0.368 e. The fourth-order valence-electron chi connectivity index (χ4n) is 5.23. The first-order valence-corrected chi connectivity index (χ1v) is 10.7. The van der Waals surface area contributed by atoms with Crippen LogP contribution in [0, 0.1) is 23.0 Å². The number of likely N-dealkylation sites (tertiary alicyclic amines) is 1. The molecule has 0 bridgehead atoms. The van der Waals surface area contributed by atoms with Crippen LogP contribution < -0.4 is 10.4 Å². The maximum absolute atomic E-state index is 13.5. The summed E-state index contributed by atoms with van der Waals surface area (Å²) in [5.74, 6) is -1.13. The van der Waals surface area contributed by atoms with E-state index in [2.05, 4.69) is 9.80 Å². The summed E-state index contributed by atoms with van der Waals surface area (Å²) in [7, 11) is 1.92. The number of nitro groups is 1. The zero-order valence-electron chi connectivity index (χ0n) is 17.9. The monoisotopic (exact) mass is 431 g/mol. The van der Waals surface area contributed by atoms with Gasteiger partial charge in [0.05, 0.1) is 10.8 Å². The van der Waals surface area contributed by atoms with E-state index in [1.165, 1.54) is 6.07 Å². The predicted molar refractivity (Wildman–Crippen MR) is 113 cm³/mol. The Balaban J connectivity index is 1.45. The van der Waals surface area contributed by atoms with Gasteiger partial charge in [-0.2, -0.15) is 0 Å². The molecule has 1 aromatic carbocycles. The number of rotatable bonds is 4. The second-order valence-electron chi connectivity index (χ2n) is 8.94. The number of nitrogens with one attached hydrogen (secondary N) is 1. The number of carbonyl (C=O) groups excluding carboxylic acids is 2. The first kappa shape index (κ1) is 21.5. The molecule has 168 valence electrons. The Morgan fingerprint density at radius 2 is 1.87 bits per heavy atom. The normalized spacial score (nSPS) is 25.4. The number of hydrogen-bond acceptors (Lipinski definition) is 7. The number of nitrogens with zero attached hydrogens (tertiary/aromatic N) is 4. The van der Waals surface area contributed by atoms with Gasteiger partial charge in [0.2, 0.25) is 11.8 Å². The smallest absolute Gasteiger partial charge is 0.269 e. The third-order valence-electron chi connectivity index (χ3n) is 7.32. The van der Waals surface area contributed by atoms with Gasteiger partial charge >= 0.3 is 0 Å². The summed E-state index contributed by atoms with van der Waals surface area (Å²) in [5, 5.41) is 20.2. The molecule has 10 nitrogen and oxygen atoms in total. The molecule has 2 atom stereocenters. The average molecular weight is 431 g/mol. The van der Waals surface area contributed by atoms with Crippen molar-refractivity contribution in [2.75, 3.05) is 38.1 Å². The van der Waals surface area contributed by atoms with E-state index in [0.717, 1.165) is 30.5 Å². The van der Waals surface area contributed by atoms with Crippen LogP contribution in [0.1, 0.15) is 31.2 Å². The van der Waals surface area contributed by atoms with Gasteiger partial charge in [0.1, 0.15) is 6.04 Å². The Hall–Kier alpha value is -2.72. The van der Waals surface area contributed by atoms with Gasteiger partial charge in [-0.1, -0.05) is 0 Å². The number of non-ortho nitro benzene ring substituents is 1. The maximum Gasteiger partial charge on any atom is 0.269 e. The van der Waals surface area contributed by atoms with E-state index in [1.807, 2.05) is 14.0 Å². The fourth-order valence-corrected chi connectivity index (χ4v) is 5.23. The first-order chi connectivity index (χ1) is 14.8. The van der Waals surface area contributed by atoms with Crippen LogP contribution in [0.2, 0.25) is 0 Å². The molecule has 4 rings (SSSR count). The molecular weight excluding hydrogens is 402 g/mol. The molecule has 1 aliphatic carbocycles. The van der Waals surface area contributed by atoms with Gasteiger partial charge in [0.15, 0.2) is 0 Å². The van der Waals surface area contributed by atoms with Gasteiger partial charge in [0.25, 0.3) is 5.69 Å².